The molecular formula is C13H9BrFK2NO4. The molecule has 2 N–H and O–H groups in total. The topological polar surface area (TPSA) is 98.4 Å². The molecule has 9 heteroatoms. The molecule has 0 bridgehead atoms. The average Bonchev–Trinajstić information content (AvgIpc) is 2.37. The van der Waals surface area contributed by atoms with Crippen LogP contribution in [-0.2, 0) is 0 Å². The molecule has 0 heterocycles. The van der Waals surface area contributed by atoms with E-state index in [4.69, 9.17) is 25.5 Å². The quantitative estimate of drug-likeness (QED) is 0.390. The van der Waals surface area contributed by atoms with E-state index in [0.717, 1.165) is 4.47 Å². The van der Waals surface area contributed by atoms with Crippen LogP contribution >= 0.6 is 15.9 Å². The summed E-state index contributed by atoms with van der Waals surface area (Å²) in [7, 11) is 0. The standard InChI is InChI=1S/C12H9BrFNO.CH2O3.2K/c13-8-4-3-7-11(12(8)15)16-10-6-2-1-5-9(10)14;2-1(3)4;;/h1-7H,15H2;(H2,2,3,4);;/q;;2*+1/p-2. The molecule has 0 atom stereocenters. The van der Waals surface area contributed by atoms with Gasteiger partial charge in [0.15, 0.2) is 17.3 Å². The van der Waals surface area contributed by atoms with Gasteiger partial charge in [-0.05, 0) is 46.4 Å². The molecule has 0 saturated carbocycles. The van der Waals surface area contributed by atoms with E-state index in [0.29, 0.717) is 11.4 Å². The van der Waals surface area contributed by atoms with Gasteiger partial charge in [-0.2, -0.15) is 0 Å². The first-order valence-electron chi connectivity index (χ1n) is 5.26. The van der Waals surface area contributed by atoms with Crippen molar-refractivity contribution in [2.24, 2.45) is 0 Å². The van der Waals surface area contributed by atoms with Gasteiger partial charge in [0.1, 0.15) is 0 Å². The molecule has 0 saturated heterocycles. The molecule has 2 aromatic rings. The summed E-state index contributed by atoms with van der Waals surface area (Å²) < 4.78 is 19.4. The van der Waals surface area contributed by atoms with E-state index in [1.165, 1.54) is 6.07 Å². The molecule has 22 heavy (non-hydrogen) atoms. The molecule has 5 nitrogen and oxygen atoms in total. The number of carbonyl (C=O) groups is 1. The van der Waals surface area contributed by atoms with Crippen LogP contribution < -0.4 is 123 Å². The van der Waals surface area contributed by atoms with Gasteiger partial charge >= 0.3 is 103 Å². The molecule has 0 aliphatic rings. The van der Waals surface area contributed by atoms with Crippen LogP contribution in [0.2, 0.25) is 0 Å². The van der Waals surface area contributed by atoms with Crippen molar-refractivity contribution in [1.82, 2.24) is 0 Å². The van der Waals surface area contributed by atoms with Crippen molar-refractivity contribution in [3.05, 3.63) is 52.8 Å². The van der Waals surface area contributed by atoms with Crippen LogP contribution in [-0.4, -0.2) is 6.16 Å². The van der Waals surface area contributed by atoms with Gasteiger partial charge in [0.05, 0.1) is 5.69 Å². The van der Waals surface area contributed by atoms with Crippen LogP contribution in [0.15, 0.2) is 46.9 Å². The van der Waals surface area contributed by atoms with Gasteiger partial charge in [-0.3, -0.25) is 0 Å². The Morgan fingerprint density at radius 2 is 1.55 bits per heavy atom. The number of nitrogen functional groups attached to an aromatic ring is 1. The van der Waals surface area contributed by atoms with Gasteiger partial charge in [-0.25, -0.2) is 4.39 Å². The summed E-state index contributed by atoms with van der Waals surface area (Å²) in [6, 6.07) is 11.4. The van der Waals surface area contributed by atoms with E-state index in [-0.39, 0.29) is 109 Å². The van der Waals surface area contributed by atoms with Crippen LogP contribution in [0.1, 0.15) is 0 Å². The summed E-state index contributed by atoms with van der Waals surface area (Å²) >= 11 is 3.28. The number of hydrogen-bond acceptors (Lipinski definition) is 5. The van der Waals surface area contributed by atoms with Crippen LogP contribution in [0.3, 0.4) is 0 Å². The van der Waals surface area contributed by atoms with E-state index < -0.39 is 12.0 Å². The predicted octanol–water partition coefficient (Wildman–Crippen LogP) is -4.48. The second-order valence-corrected chi connectivity index (χ2v) is 4.29. The van der Waals surface area contributed by atoms with E-state index in [1.54, 1.807) is 36.4 Å². The maximum absolute atomic E-state index is 13.3. The summed E-state index contributed by atoms with van der Waals surface area (Å²) in [4.78, 5) is 8.33. The second kappa shape index (κ2) is 13.3. The Morgan fingerprint density at radius 1 is 1.05 bits per heavy atom. The first-order chi connectivity index (χ1) is 9.41. The molecule has 0 amide bonds. The summed E-state index contributed by atoms with van der Waals surface area (Å²) in [5.74, 6) is 0.175. The van der Waals surface area contributed by atoms with Gasteiger partial charge < -0.3 is 25.5 Å². The SMILES string of the molecule is Nc1c(Br)cccc1Oc1ccccc1F.O=C([O-])[O-].[K+].[K+]. The fourth-order valence-electron chi connectivity index (χ4n) is 1.25. The number of rotatable bonds is 2. The number of nitrogens with two attached hydrogens (primary N) is 1. The molecule has 0 fully saturated rings. The van der Waals surface area contributed by atoms with Crippen molar-refractivity contribution >= 4 is 27.8 Å². The number of benzene rings is 2. The van der Waals surface area contributed by atoms with E-state index in [9.17, 15) is 4.39 Å². The third-order valence-electron chi connectivity index (χ3n) is 2.07. The largest absolute Gasteiger partial charge is 1.00 e. The molecule has 106 valence electrons. The number of hydrogen-bond donors (Lipinski definition) is 1. The van der Waals surface area contributed by atoms with Crippen molar-refractivity contribution in [2.75, 3.05) is 5.73 Å². The molecule has 0 radical (unpaired) electrons. The number of ether oxygens (including phenoxy) is 1. The minimum Gasteiger partial charge on any atom is -0.652 e. The molecular weight excluding hydrogens is 411 g/mol. The molecule has 0 aromatic heterocycles. The van der Waals surface area contributed by atoms with Crippen LogP contribution in [0.5, 0.6) is 11.5 Å². The zero-order valence-electron chi connectivity index (χ0n) is 12.0. The van der Waals surface area contributed by atoms with Crippen molar-refractivity contribution in [2.45, 2.75) is 0 Å². The Bertz CT molecular complexity index is 612. The molecule has 0 aliphatic heterocycles. The molecule has 0 spiro atoms. The van der Waals surface area contributed by atoms with Crippen molar-refractivity contribution in [3.63, 3.8) is 0 Å². The smallest absolute Gasteiger partial charge is 0.652 e. The summed E-state index contributed by atoms with van der Waals surface area (Å²) in [5, 5.41) is 16.7. The zero-order valence-corrected chi connectivity index (χ0v) is 19.8. The Labute approximate surface area is 220 Å². The fourth-order valence-corrected chi connectivity index (χ4v) is 1.60. The van der Waals surface area contributed by atoms with E-state index >= 15 is 0 Å². The van der Waals surface area contributed by atoms with Crippen molar-refractivity contribution < 1.29 is 127 Å². The zero-order chi connectivity index (χ0) is 15.1. The average molecular weight is 420 g/mol. The maximum atomic E-state index is 13.3. The Balaban J connectivity index is 0. The third kappa shape index (κ3) is 9.33. The minimum atomic E-state index is -2.33. The number of para-hydroxylation sites is 2. The van der Waals surface area contributed by atoms with Crippen molar-refractivity contribution in [1.29, 1.82) is 0 Å². The molecule has 2 aromatic carbocycles. The van der Waals surface area contributed by atoms with Crippen LogP contribution in [0, 0.1) is 5.82 Å². The third-order valence-corrected chi connectivity index (χ3v) is 2.76. The first-order valence-corrected chi connectivity index (χ1v) is 6.05. The molecule has 2 rings (SSSR count). The fraction of sp³-hybridized carbons (Fsp3) is 0. The van der Waals surface area contributed by atoms with Crippen molar-refractivity contribution in [3.8, 4) is 11.5 Å². The normalized spacial score (nSPS) is 8.45. The maximum Gasteiger partial charge on any atom is 1.00 e. The second-order valence-electron chi connectivity index (χ2n) is 3.43. The summed E-state index contributed by atoms with van der Waals surface area (Å²) in [6.07, 6.45) is -2.33. The van der Waals surface area contributed by atoms with Crippen LogP contribution in [0.25, 0.3) is 0 Å². The predicted molar refractivity (Wildman–Crippen MR) is 70.4 cm³/mol. The van der Waals surface area contributed by atoms with Gasteiger partial charge in [0.25, 0.3) is 0 Å². The Hall–Kier alpha value is 0.993. The Kier molecular flexibility index (Phi) is 15.3. The number of carbonyl (C=O) groups excluding carboxylic acids is 1. The monoisotopic (exact) mass is 419 g/mol. The van der Waals surface area contributed by atoms with E-state index in [2.05, 4.69) is 15.9 Å². The van der Waals surface area contributed by atoms with Gasteiger partial charge in [-0.15, -0.1) is 0 Å². The molecule has 0 aliphatic carbocycles. The first kappa shape index (κ1) is 25.2. The Morgan fingerprint density at radius 3 is 2.09 bits per heavy atom. The van der Waals surface area contributed by atoms with Gasteiger partial charge in [0.2, 0.25) is 0 Å². The van der Waals surface area contributed by atoms with Gasteiger partial charge in [0, 0.05) is 4.47 Å². The molecule has 0 unspecified atom stereocenters. The number of anilines is 1. The summed E-state index contributed by atoms with van der Waals surface area (Å²) in [6.45, 7) is 0. The number of halogens is 2. The van der Waals surface area contributed by atoms with E-state index in [1.807, 2.05) is 0 Å². The minimum absolute atomic E-state index is 0. The number of carboxylic acid groups (broad SMARTS) is 2. The van der Waals surface area contributed by atoms with Gasteiger partial charge in [-0.1, -0.05) is 18.2 Å². The summed E-state index contributed by atoms with van der Waals surface area (Å²) in [5.41, 5.74) is 6.24. The van der Waals surface area contributed by atoms with Crippen LogP contribution in [0.4, 0.5) is 14.9 Å².